The Morgan fingerprint density at radius 3 is 2.44 bits per heavy atom. The average molecular weight is 623 g/mol. The summed E-state index contributed by atoms with van der Waals surface area (Å²) in [5, 5.41) is 13.0. The van der Waals surface area contributed by atoms with Crippen LogP contribution in [-0.2, 0) is 11.0 Å². The molecule has 1 aromatic carbocycles. The van der Waals surface area contributed by atoms with Crippen molar-refractivity contribution in [2.45, 2.75) is 76.8 Å². The molecule has 1 saturated carbocycles. The number of allylic oxidation sites excluding steroid dienone is 1. The van der Waals surface area contributed by atoms with Crippen molar-refractivity contribution in [3.05, 3.63) is 76.2 Å². The van der Waals surface area contributed by atoms with Crippen LogP contribution in [0.5, 0.6) is 5.75 Å². The van der Waals surface area contributed by atoms with E-state index in [1.807, 2.05) is 17.9 Å². The number of likely N-dealkylation sites (tertiary alicyclic amines) is 1. The van der Waals surface area contributed by atoms with Gasteiger partial charge in [-0.1, -0.05) is 24.6 Å². The fraction of sp³-hybridized carbons (Fsp3) is 0.471. The number of amides is 1. The first-order valence-electron chi connectivity index (χ1n) is 15.7. The molecular weight excluding hydrogens is 585 g/mol. The second-order valence-corrected chi connectivity index (χ2v) is 12.3. The molecule has 8 nitrogen and oxygen atoms in total. The topological polar surface area (TPSA) is 97.6 Å². The van der Waals surface area contributed by atoms with Gasteiger partial charge < -0.3 is 14.7 Å². The van der Waals surface area contributed by atoms with Crippen LogP contribution in [0.1, 0.15) is 96.6 Å². The lowest BCUT2D eigenvalue weighted by Crippen LogP contribution is -2.43. The fourth-order valence-electron chi connectivity index (χ4n) is 6.70. The second-order valence-electron chi connectivity index (χ2n) is 12.3. The van der Waals surface area contributed by atoms with E-state index in [1.54, 1.807) is 12.1 Å². The average Bonchev–Trinajstić information content (AvgIpc) is 3.47. The number of piperidine rings is 1. The van der Waals surface area contributed by atoms with Crippen molar-refractivity contribution in [1.29, 1.82) is 0 Å². The molecular formula is C34H37F3N4O4. The Kier molecular flexibility index (Phi) is 8.70. The van der Waals surface area contributed by atoms with Gasteiger partial charge in [0.15, 0.2) is 11.5 Å². The maximum atomic E-state index is 13.8. The lowest BCUT2D eigenvalue weighted by Gasteiger charge is -2.36. The smallest absolute Gasteiger partial charge is 0.434 e. The van der Waals surface area contributed by atoms with Crippen LogP contribution in [0.4, 0.5) is 13.2 Å². The summed E-state index contributed by atoms with van der Waals surface area (Å²) in [5.74, 6) is -0.0431. The number of carboxylic acid groups (broad SMARTS) is 1. The number of pyridine rings is 1. The molecule has 3 aliphatic rings. The van der Waals surface area contributed by atoms with Gasteiger partial charge in [-0.15, -0.1) is 0 Å². The van der Waals surface area contributed by atoms with E-state index in [9.17, 15) is 27.9 Å². The fourth-order valence-corrected chi connectivity index (χ4v) is 6.70. The van der Waals surface area contributed by atoms with Gasteiger partial charge in [0.2, 0.25) is 5.91 Å². The van der Waals surface area contributed by atoms with E-state index in [2.05, 4.69) is 22.2 Å². The highest BCUT2D eigenvalue weighted by atomic mass is 19.4. The molecule has 11 heteroatoms. The van der Waals surface area contributed by atoms with Crippen molar-refractivity contribution >= 4 is 17.4 Å². The van der Waals surface area contributed by atoms with Gasteiger partial charge in [-0.3, -0.25) is 4.79 Å². The second kappa shape index (κ2) is 12.7. The van der Waals surface area contributed by atoms with Gasteiger partial charge in [0.1, 0.15) is 17.9 Å². The number of rotatable bonds is 8. The minimum absolute atomic E-state index is 0.102. The lowest BCUT2D eigenvalue weighted by molar-refractivity contribution is -0.143. The number of nitrogens with zero attached hydrogens (tertiary/aromatic N) is 4. The van der Waals surface area contributed by atoms with E-state index >= 15 is 0 Å². The summed E-state index contributed by atoms with van der Waals surface area (Å²) in [4.78, 5) is 30.6. The first kappa shape index (κ1) is 30.9. The van der Waals surface area contributed by atoms with E-state index in [0.717, 1.165) is 80.5 Å². The normalized spacial score (nSPS) is 18.2. The molecule has 0 spiro atoms. The SMILES string of the molecule is Cc1cc(C2CCN(C(=O)C3CCC3)CC2)ccc1OCC1=C(c2cccc(-n3ncc(C(=O)O)c3C(F)(F)F)n2)CCCC1. The zero-order chi connectivity index (χ0) is 31.7. The molecule has 2 fully saturated rings. The third-order valence-corrected chi connectivity index (χ3v) is 9.44. The van der Waals surface area contributed by atoms with Gasteiger partial charge in [0.25, 0.3) is 0 Å². The minimum atomic E-state index is -4.93. The van der Waals surface area contributed by atoms with Gasteiger partial charge >= 0.3 is 12.1 Å². The van der Waals surface area contributed by atoms with Crippen molar-refractivity contribution in [2.75, 3.05) is 19.7 Å². The highest BCUT2D eigenvalue weighted by molar-refractivity contribution is 5.89. The predicted molar refractivity (Wildman–Crippen MR) is 161 cm³/mol. The number of alkyl halides is 3. The Morgan fingerprint density at radius 2 is 1.78 bits per heavy atom. The zero-order valence-electron chi connectivity index (χ0n) is 25.3. The summed E-state index contributed by atoms with van der Waals surface area (Å²) in [5.41, 5.74) is 2.50. The van der Waals surface area contributed by atoms with Gasteiger partial charge in [0, 0.05) is 19.0 Å². The standard InChI is InChI=1S/C34H37F3N4O4/c1-21-18-24(22-14-16-40(17-15-22)32(42)23-7-4-8-23)12-13-29(21)45-20-25-6-2-3-9-26(25)28-10-5-11-30(39-28)41-31(34(35,36)37)27(19-38-41)33(43)44/h5,10-13,18-19,22-23H,2-4,6-9,14-17,20H2,1H3,(H,43,44). The number of aromatic nitrogens is 3. The van der Waals surface area contributed by atoms with Crippen LogP contribution < -0.4 is 4.74 Å². The largest absolute Gasteiger partial charge is 0.489 e. The van der Waals surface area contributed by atoms with Crippen molar-refractivity contribution in [1.82, 2.24) is 19.7 Å². The summed E-state index contributed by atoms with van der Waals surface area (Å²) in [6, 6.07) is 11.1. The van der Waals surface area contributed by atoms with Crippen LogP contribution in [0.3, 0.4) is 0 Å². The molecule has 0 bridgehead atoms. The summed E-state index contributed by atoms with van der Waals surface area (Å²) < 4.78 is 48.3. The van der Waals surface area contributed by atoms with E-state index in [1.165, 1.54) is 18.1 Å². The number of hydrogen-bond donors (Lipinski definition) is 1. The van der Waals surface area contributed by atoms with Gasteiger partial charge in [-0.2, -0.15) is 18.3 Å². The molecule has 2 aliphatic carbocycles. The molecule has 1 N–H and O–H groups in total. The van der Waals surface area contributed by atoms with Crippen LogP contribution in [0.25, 0.3) is 11.4 Å². The van der Waals surface area contributed by atoms with Crippen LogP contribution in [0.2, 0.25) is 0 Å². The molecule has 3 heterocycles. The predicted octanol–water partition coefficient (Wildman–Crippen LogP) is 7.21. The summed E-state index contributed by atoms with van der Waals surface area (Å²) in [7, 11) is 0. The molecule has 0 radical (unpaired) electrons. The third kappa shape index (κ3) is 6.48. The Hall–Kier alpha value is -4.15. The Balaban J connectivity index is 1.16. The summed E-state index contributed by atoms with van der Waals surface area (Å²) >= 11 is 0. The Morgan fingerprint density at radius 1 is 1.02 bits per heavy atom. The molecule has 0 atom stereocenters. The molecule has 0 unspecified atom stereocenters. The number of ether oxygens (including phenoxy) is 1. The Labute approximate surface area is 259 Å². The number of carboxylic acids is 1. The maximum absolute atomic E-state index is 13.8. The number of halogens is 3. The quantitative estimate of drug-likeness (QED) is 0.285. The van der Waals surface area contributed by atoms with Crippen LogP contribution >= 0.6 is 0 Å². The lowest BCUT2D eigenvalue weighted by atomic mass is 9.83. The molecule has 3 aromatic rings. The van der Waals surface area contributed by atoms with Crippen molar-refractivity contribution < 1.29 is 32.6 Å². The number of carbonyl (C=O) groups is 2. The molecule has 1 saturated heterocycles. The molecule has 45 heavy (non-hydrogen) atoms. The highest BCUT2D eigenvalue weighted by Gasteiger charge is 2.41. The monoisotopic (exact) mass is 622 g/mol. The summed E-state index contributed by atoms with van der Waals surface area (Å²) in [6.45, 7) is 3.98. The molecule has 1 aliphatic heterocycles. The van der Waals surface area contributed by atoms with Crippen molar-refractivity contribution in [2.24, 2.45) is 5.92 Å². The third-order valence-electron chi connectivity index (χ3n) is 9.44. The zero-order valence-corrected chi connectivity index (χ0v) is 25.3. The molecule has 6 rings (SSSR count). The minimum Gasteiger partial charge on any atom is -0.489 e. The molecule has 1 amide bonds. The molecule has 238 valence electrons. The van der Waals surface area contributed by atoms with Crippen molar-refractivity contribution in [3.8, 4) is 11.6 Å². The number of benzene rings is 1. The first-order valence-corrected chi connectivity index (χ1v) is 15.7. The van der Waals surface area contributed by atoms with Gasteiger partial charge in [-0.25, -0.2) is 14.5 Å². The number of aryl methyl sites for hydroxylation is 1. The van der Waals surface area contributed by atoms with Crippen LogP contribution in [-0.4, -0.2) is 56.3 Å². The van der Waals surface area contributed by atoms with Crippen molar-refractivity contribution in [3.63, 3.8) is 0 Å². The maximum Gasteiger partial charge on any atom is 0.434 e. The highest BCUT2D eigenvalue weighted by Crippen LogP contribution is 2.37. The Bertz CT molecular complexity index is 1620. The van der Waals surface area contributed by atoms with Gasteiger partial charge in [0.05, 0.1) is 11.9 Å². The number of aromatic carboxylic acids is 1. The van der Waals surface area contributed by atoms with E-state index in [0.29, 0.717) is 41.4 Å². The molecule has 2 aromatic heterocycles. The van der Waals surface area contributed by atoms with Crippen LogP contribution in [0, 0.1) is 12.8 Å². The van der Waals surface area contributed by atoms with E-state index < -0.39 is 23.4 Å². The van der Waals surface area contributed by atoms with E-state index in [-0.39, 0.29) is 11.7 Å². The first-order chi connectivity index (χ1) is 21.6. The number of hydrogen-bond acceptors (Lipinski definition) is 5. The number of carbonyl (C=O) groups excluding carboxylic acids is 1. The van der Waals surface area contributed by atoms with E-state index in [4.69, 9.17) is 4.74 Å². The summed E-state index contributed by atoms with van der Waals surface area (Å²) in [6.07, 6.45) is 4.31. The van der Waals surface area contributed by atoms with Gasteiger partial charge in [-0.05, 0) is 105 Å². The van der Waals surface area contributed by atoms with Crippen LogP contribution in [0.15, 0.2) is 48.2 Å².